The Bertz CT molecular complexity index is 927. The van der Waals surface area contributed by atoms with E-state index in [-0.39, 0.29) is 12.4 Å². The molecular formula is C17H10BrIN2O4. The Hall–Kier alpha value is -2.07. The summed E-state index contributed by atoms with van der Waals surface area (Å²) >= 11 is 5.60. The zero-order chi connectivity index (χ0) is 17.6. The van der Waals surface area contributed by atoms with Crippen LogP contribution in [-0.2, 0) is 9.59 Å². The lowest BCUT2D eigenvalue weighted by atomic mass is 10.1. The average molecular weight is 513 g/mol. The molecular weight excluding hydrogens is 503 g/mol. The molecule has 4 rings (SSSR count). The summed E-state index contributed by atoms with van der Waals surface area (Å²) in [5, 5.41) is 1.24. The number of halogens is 2. The highest BCUT2D eigenvalue weighted by molar-refractivity contribution is 14.1. The van der Waals surface area contributed by atoms with Crippen LogP contribution in [0.2, 0.25) is 0 Å². The number of nitrogens with zero attached hydrogens (tertiary/aromatic N) is 1. The minimum Gasteiger partial charge on any atom is -0.454 e. The van der Waals surface area contributed by atoms with Crippen molar-refractivity contribution >= 4 is 62.1 Å². The molecule has 1 fully saturated rings. The van der Waals surface area contributed by atoms with Gasteiger partial charge in [0.25, 0.3) is 11.8 Å². The van der Waals surface area contributed by atoms with E-state index in [4.69, 9.17) is 9.47 Å². The summed E-state index contributed by atoms with van der Waals surface area (Å²) in [5.74, 6) is 0.344. The number of benzene rings is 2. The Kier molecular flexibility index (Phi) is 4.16. The van der Waals surface area contributed by atoms with Gasteiger partial charge in [0.1, 0.15) is 5.57 Å². The van der Waals surface area contributed by atoms with Gasteiger partial charge in [-0.1, -0.05) is 15.9 Å². The smallest absolute Gasteiger partial charge is 0.282 e. The van der Waals surface area contributed by atoms with Crippen molar-refractivity contribution in [1.82, 2.24) is 5.43 Å². The molecule has 1 saturated heterocycles. The van der Waals surface area contributed by atoms with Gasteiger partial charge < -0.3 is 9.47 Å². The lowest BCUT2D eigenvalue weighted by Gasteiger charge is -2.14. The molecule has 2 aliphatic heterocycles. The normalized spacial score (nSPS) is 17.4. The number of carbonyl (C=O) groups excluding carboxylic acids is 2. The van der Waals surface area contributed by atoms with Crippen LogP contribution in [0.5, 0.6) is 11.5 Å². The van der Waals surface area contributed by atoms with Crippen LogP contribution in [0.3, 0.4) is 0 Å². The summed E-state index contributed by atoms with van der Waals surface area (Å²) in [5.41, 5.74) is 3.90. The Morgan fingerprint density at radius 2 is 1.80 bits per heavy atom. The molecule has 0 radical (unpaired) electrons. The largest absolute Gasteiger partial charge is 0.454 e. The van der Waals surface area contributed by atoms with Crippen LogP contribution in [0.1, 0.15) is 5.56 Å². The summed E-state index contributed by atoms with van der Waals surface area (Å²) in [6.45, 7) is 0.155. The molecule has 0 aromatic heterocycles. The van der Waals surface area contributed by atoms with Gasteiger partial charge >= 0.3 is 0 Å². The Morgan fingerprint density at radius 1 is 1.12 bits per heavy atom. The highest BCUT2D eigenvalue weighted by Crippen LogP contribution is 2.38. The highest BCUT2D eigenvalue weighted by Gasteiger charge is 2.34. The first-order valence-corrected chi connectivity index (χ1v) is 9.12. The van der Waals surface area contributed by atoms with Crippen LogP contribution in [0.4, 0.5) is 5.69 Å². The summed E-state index contributed by atoms with van der Waals surface area (Å²) in [4.78, 5) is 24.9. The van der Waals surface area contributed by atoms with Crippen LogP contribution >= 0.6 is 38.5 Å². The maximum atomic E-state index is 12.7. The molecule has 2 heterocycles. The third-order valence-electron chi connectivity index (χ3n) is 3.77. The van der Waals surface area contributed by atoms with Gasteiger partial charge in [0.2, 0.25) is 6.79 Å². The second-order valence-corrected chi connectivity index (χ2v) is 7.44. The number of ether oxygens (including phenoxy) is 2. The molecule has 25 heavy (non-hydrogen) atoms. The van der Waals surface area contributed by atoms with E-state index in [1.54, 1.807) is 24.3 Å². The molecule has 2 aliphatic rings. The minimum absolute atomic E-state index is 0.0538. The molecule has 126 valence electrons. The maximum absolute atomic E-state index is 12.7. The minimum atomic E-state index is -0.451. The fourth-order valence-electron chi connectivity index (χ4n) is 2.53. The van der Waals surface area contributed by atoms with E-state index in [9.17, 15) is 9.59 Å². The summed E-state index contributed by atoms with van der Waals surface area (Å²) in [6.07, 6.45) is 1.54. The fourth-order valence-corrected chi connectivity index (χ4v) is 3.32. The van der Waals surface area contributed by atoms with Crippen LogP contribution in [-0.4, -0.2) is 18.6 Å². The third kappa shape index (κ3) is 2.99. The van der Waals surface area contributed by atoms with Crippen molar-refractivity contribution in [3.8, 4) is 11.5 Å². The second-order valence-electron chi connectivity index (χ2n) is 5.34. The topological polar surface area (TPSA) is 67.9 Å². The lowest BCUT2D eigenvalue weighted by molar-refractivity contribution is -0.117. The highest BCUT2D eigenvalue weighted by atomic mass is 127. The standard InChI is InChI=1S/C17H10BrIN2O4/c18-13-7-15-14(24-8-25-15)6-9(13)5-12-16(22)20-21(17(12)23)11-3-1-10(19)2-4-11/h1-7H,8H2,(H,20,22)/b12-5+. The quantitative estimate of drug-likeness (QED) is 0.381. The van der Waals surface area contributed by atoms with E-state index in [1.807, 2.05) is 12.1 Å². The van der Waals surface area contributed by atoms with Gasteiger partial charge in [0, 0.05) is 8.04 Å². The summed E-state index contributed by atoms with van der Waals surface area (Å²) in [6, 6.07) is 10.8. The van der Waals surface area contributed by atoms with E-state index < -0.39 is 11.8 Å². The van der Waals surface area contributed by atoms with Crippen molar-refractivity contribution in [2.75, 3.05) is 11.8 Å². The molecule has 0 aliphatic carbocycles. The zero-order valence-corrected chi connectivity index (χ0v) is 16.3. The van der Waals surface area contributed by atoms with Crippen molar-refractivity contribution < 1.29 is 19.1 Å². The number of amides is 2. The lowest BCUT2D eigenvalue weighted by Crippen LogP contribution is -2.35. The molecule has 0 unspecified atom stereocenters. The van der Waals surface area contributed by atoms with Crippen LogP contribution in [0, 0.1) is 3.57 Å². The molecule has 0 atom stereocenters. The Balaban J connectivity index is 1.69. The maximum Gasteiger partial charge on any atom is 0.282 e. The number of hydrazine groups is 1. The van der Waals surface area contributed by atoms with Gasteiger partial charge in [-0.15, -0.1) is 0 Å². The van der Waals surface area contributed by atoms with E-state index in [2.05, 4.69) is 43.9 Å². The third-order valence-corrected chi connectivity index (χ3v) is 5.17. The first kappa shape index (κ1) is 16.4. The van der Waals surface area contributed by atoms with Gasteiger partial charge in [0.15, 0.2) is 11.5 Å². The Morgan fingerprint density at radius 3 is 2.52 bits per heavy atom. The van der Waals surface area contributed by atoms with Gasteiger partial charge in [-0.3, -0.25) is 15.0 Å². The summed E-state index contributed by atoms with van der Waals surface area (Å²) < 4.78 is 12.4. The number of carbonyl (C=O) groups is 2. The molecule has 6 nitrogen and oxygen atoms in total. The van der Waals surface area contributed by atoms with Crippen molar-refractivity contribution in [3.63, 3.8) is 0 Å². The van der Waals surface area contributed by atoms with Gasteiger partial charge in [-0.25, -0.2) is 5.01 Å². The van der Waals surface area contributed by atoms with E-state index in [0.29, 0.717) is 27.2 Å². The molecule has 2 amide bonds. The Labute approximate surface area is 165 Å². The van der Waals surface area contributed by atoms with Crippen molar-refractivity contribution in [3.05, 3.63) is 55.6 Å². The number of rotatable bonds is 2. The molecule has 2 aromatic rings. The SMILES string of the molecule is O=C1NN(c2ccc(I)cc2)C(=O)/C1=C/c1cc2c(cc1Br)OCO2. The predicted octanol–water partition coefficient (Wildman–Crippen LogP) is 3.24. The van der Waals surface area contributed by atoms with Gasteiger partial charge in [-0.2, -0.15) is 0 Å². The number of anilines is 1. The number of hydrogen-bond donors (Lipinski definition) is 1. The van der Waals surface area contributed by atoms with Crippen LogP contribution in [0.15, 0.2) is 46.4 Å². The molecule has 0 saturated carbocycles. The van der Waals surface area contributed by atoms with Crippen LogP contribution in [0.25, 0.3) is 6.08 Å². The first-order chi connectivity index (χ1) is 12.0. The number of fused-ring (bicyclic) bond motifs is 1. The number of nitrogens with one attached hydrogen (secondary N) is 1. The summed E-state index contributed by atoms with van der Waals surface area (Å²) in [7, 11) is 0. The van der Waals surface area contributed by atoms with Crippen molar-refractivity contribution in [2.45, 2.75) is 0 Å². The van der Waals surface area contributed by atoms with Crippen LogP contribution < -0.4 is 19.9 Å². The first-order valence-electron chi connectivity index (χ1n) is 7.25. The fraction of sp³-hybridized carbons (Fsp3) is 0.0588. The van der Waals surface area contributed by atoms with Crippen molar-refractivity contribution in [1.29, 1.82) is 0 Å². The van der Waals surface area contributed by atoms with E-state index >= 15 is 0 Å². The second kappa shape index (κ2) is 6.34. The molecule has 0 bridgehead atoms. The van der Waals surface area contributed by atoms with E-state index in [0.717, 1.165) is 3.57 Å². The molecule has 8 heteroatoms. The molecule has 0 spiro atoms. The zero-order valence-electron chi connectivity index (χ0n) is 12.6. The van der Waals surface area contributed by atoms with Gasteiger partial charge in [0.05, 0.1) is 5.69 Å². The average Bonchev–Trinajstić information content (AvgIpc) is 3.15. The monoisotopic (exact) mass is 512 g/mol. The predicted molar refractivity (Wildman–Crippen MR) is 103 cm³/mol. The van der Waals surface area contributed by atoms with E-state index in [1.165, 1.54) is 11.1 Å². The van der Waals surface area contributed by atoms with Gasteiger partial charge in [-0.05, 0) is 70.6 Å². The molecule has 1 N–H and O–H groups in total. The molecule has 2 aromatic carbocycles. The number of hydrogen-bond acceptors (Lipinski definition) is 4. The van der Waals surface area contributed by atoms with Crippen molar-refractivity contribution in [2.24, 2.45) is 0 Å².